The Bertz CT molecular complexity index is 1250. The van der Waals surface area contributed by atoms with Crippen molar-refractivity contribution in [2.75, 3.05) is 5.32 Å². The van der Waals surface area contributed by atoms with E-state index >= 15 is 0 Å². The van der Waals surface area contributed by atoms with E-state index in [1.807, 2.05) is 0 Å². The fraction of sp³-hybridized carbons (Fsp3) is 0.105. The van der Waals surface area contributed by atoms with E-state index in [2.05, 4.69) is 25.9 Å². The molecule has 0 unspecified atom stereocenters. The number of aromatic nitrogens is 6. The van der Waals surface area contributed by atoms with Crippen LogP contribution in [0.4, 0.5) is 23.2 Å². The Labute approximate surface area is 172 Å². The number of carbonyl (C=O) groups is 1. The lowest BCUT2D eigenvalue weighted by Crippen LogP contribution is -2.21. The van der Waals surface area contributed by atoms with Gasteiger partial charge < -0.3 is 5.32 Å². The molecular formula is C19H13F4N7O. The van der Waals surface area contributed by atoms with Crippen molar-refractivity contribution in [3.05, 3.63) is 77.6 Å². The van der Waals surface area contributed by atoms with Crippen LogP contribution in [0.3, 0.4) is 0 Å². The van der Waals surface area contributed by atoms with Crippen LogP contribution in [0.5, 0.6) is 0 Å². The molecule has 0 aliphatic rings. The molecule has 31 heavy (non-hydrogen) atoms. The maximum atomic E-state index is 14.1. The van der Waals surface area contributed by atoms with Gasteiger partial charge in [0.15, 0.2) is 5.69 Å². The lowest BCUT2D eigenvalue weighted by atomic mass is 10.1. The Morgan fingerprint density at radius 3 is 2.58 bits per heavy atom. The molecule has 12 heteroatoms. The molecule has 0 aliphatic carbocycles. The first-order chi connectivity index (χ1) is 14.8. The molecule has 0 fully saturated rings. The Morgan fingerprint density at radius 2 is 1.90 bits per heavy atom. The lowest BCUT2D eigenvalue weighted by Gasteiger charge is -2.14. The van der Waals surface area contributed by atoms with Gasteiger partial charge in [-0.15, -0.1) is 5.10 Å². The molecule has 0 spiro atoms. The summed E-state index contributed by atoms with van der Waals surface area (Å²) in [5.74, 6) is -1.96. The van der Waals surface area contributed by atoms with Crippen molar-refractivity contribution in [2.24, 2.45) is 0 Å². The first-order valence-corrected chi connectivity index (χ1v) is 8.81. The molecule has 0 bridgehead atoms. The average Bonchev–Trinajstić information content (AvgIpc) is 3.39. The number of tetrazole rings is 1. The van der Waals surface area contributed by atoms with Crippen LogP contribution in [0.25, 0.3) is 11.4 Å². The van der Waals surface area contributed by atoms with Crippen LogP contribution in [0.15, 0.2) is 55.0 Å². The van der Waals surface area contributed by atoms with Crippen LogP contribution in [0.1, 0.15) is 21.6 Å². The van der Waals surface area contributed by atoms with Gasteiger partial charge in [-0.1, -0.05) is 18.2 Å². The maximum Gasteiger partial charge on any atom is 0.434 e. The lowest BCUT2D eigenvalue weighted by molar-refractivity contribution is -0.143. The molecule has 2 aromatic carbocycles. The van der Waals surface area contributed by atoms with E-state index < -0.39 is 34.8 Å². The third-order valence-electron chi connectivity index (χ3n) is 4.45. The fourth-order valence-electron chi connectivity index (χ4n) is 2.95. The van der Waals surface area contributed by atoms with Crippen molar-refractivity contribution in [3.8, 4) is 11.4 Å². The van der Waals surface area contributed by atoms with Gasteiger partial charge in [0.25, 0.3) is 5.91 Å². The Kier molecular flexibility index (Phi) is 4.97. The highest BCUT2D eigenvalue weighted by Gasteiger charge is 2.41. The Morgan fingerprint density at radius 1 is 1.13 bits per heavy atom. The number of hydrogen-bond acceptors (Lipinski definition) is 5. The molecular weight excluding hydrogens is 418 g/mol. The van der Waals surface area contributed by atoms with Gasteiger partial charge >= 0.3 is 6.18 Å². The molecule has 0 aliphatic heterocycles. The predicted molar refractivity (Wildman–Crippen MR) is 100 cm³/mol. The summed E-state index contributed by atoms with van der Waals surface area (Å²) in [7, 11) is 0. The topological polar surface area (TPSA) is 90.5 Å². The summed E-state index contributed by atoms with van der Waals surface area (Å²) < 4.78 is 57.2. The molecule has 2 heterocycles. The molecule has 4 rings (SSSR count). The molecule has 2 aromatic heterocycles. The van der Waals surface area contributed by atoms with Gasteiger partial charge in [-0.05, 0) is 47.2 Å². The van der Waals surface area contributed by atoms with Crippen molar-refractivity contribution in [1.29, 1.82) is 0 Å². The molecule has 1 amide bonds. The summed E-state index contributed by atoms with van der Waals surface area (Å²) in [5, 5.41) is 16.8. The van der Waals surface area contributed by atoms with Gasteiger partial charge in [-0.25, -0.2) is 13.8 Å². The van der Waals surface area contributed by atoms with Crippen LogP contribution in [0.2, 0.25) is 0 Å². The van der Waals surface area contributed by atoms with Gasteiger partial charge in [0, 0.05) is 5.69 Å². The zero-order valence-corrected chi connectivity index (χ0v) is 15.8. The minimum atomic E-state index is -4.96. The SMILES string of the molecule is Cc1ccc(-n2cnnn2)cc1NC(=O)c1cnn(-c2ccccc2F)c1C(F)(F)F. The van der Waals surface area contributed by atoms with E-state index in [9.17, 15) is 22.4 Å². The second kappa shape index (κ2) is 7.63. The van der Waals surface area contributed by atoms with Crippen molar-refractivity contribution >= 4 is 11.6 Å². The van der Waals surface area contributed by atoms with Gasteiger partial charge in [-0.3, -0.25) is 4.79 Å². The number of benzene rings is 2. The largest absolute Gasteiger partial charge is 0.434 e. The van der Waals surface area contributed by atoms with Gasteiger partial charge in [0.1, 0.15) is 17.8 Å². The number of aryl methyl sites for hydroxylation is 1. The van der Waals surface area contributed by atoms with Gasteiger partial charge in [-0.2, -0.15) is 18.3 Å². The highest BCUT2D eigenvalue weighted by Crippen LogP contribution is 2.34. The fourth-order valence-corrected chi connectivity index (χ4v) is 2.95. The zero-order valence-electron chi connectivity index (χ0n) is 15.8. The number of nitrogens with one attached hydrogen (secondary N) is 1. The number of nitrogens with zero attached hydrogens (tertiary/aromatic N) is 6. The van der Waals surface area contributed by atoms with Crippen LogP contribution in [-0.2, 0) is 6.18 Å². The van der Waals surface area contributed by atoms with Crippen molar-refractivity contribution in [1.82, 2.24) is 30.0 Å². The summed E-state index contributed by atoms with van der Waals surface area (Å²) >= 11 is 0. The minimum Gasteiger partial charge on any atom is -0.322 e. The maximum absolute atomic E-state index is 14.1. The van der Waals surface area contributed by atoms with Crippen molar-refractivity contribution in [2.45, 2.75) is 13.1 Å². The number of hydrogen-bond donors (Lipinski definition) is 1. The van der Waals surface area contributed by atoms with E-state index in [4.69, 9.17) is 0 Å². The number of rotatable bonds is 4. The van der Waals surface area contributed by atoms with E-state index in [-0.39, 0.29) is 5.69 Å². The monoisotopic (exact) mass is 431 g/mol. The number of amides is 1. The van der Waals surface area contributed by atoms with Crippen LogP contribution >= 0.6 is 0 Å². The smallest absolute Gasteiger partial charge is 0.322 e. The molecule has 158 valence electrons. The summed E-state index contributed by atoms with van der Waals surface area (Å²) in [5.41, 5.74) is -1.22. The first kappa shape index (κ1) is 20.2. The zero-order chi connectivity index (χ0) is 22.2. The van der Waals surface area contributed by atoms with Gasteiger partial charge in [0.2, 0.25) is 0 Å². The Hall–Kier alpha value is -4.09. The number of carbonyl (C=O) groups excluding carboxylic acids is 1. The number of para-hydroxylation sites is 1. The standard InChI is InChI=1S/C19H13F4N7O/c1-11-6-7-12(29-10-24-27-28-29)8-15(11)26-18(31)13-9-25-30(17(13)19(21,22)23)16-5-3-2-4-14(16)20/h2-10H,1H3,(H,26,31). The molecule has 4 aromatic rings. The summed E-state index contributed by atoms with van der Waals surface area (Å²) in [6.45, 7) is 1.67. The molecule has 0 saturated carbocycles. The van der Waals surface area contributed by atoms with E-state index in [1.54, 1.807) is 19.1 Å². The van der Waals surface area contributed by atoms with Crippen LogP contribution < -0.4 is 5.32 Å². The normalized spacial score (nSPS) is 11.5. The summed E-state index contributed by atoms with van der Waals surface area (Å²) in [4.78, 5) is 12.8. The van der Waals surface area contributed by atoms with Crippen molar-refractivity contribution in [3.63, 3.8) is 0 Å². The quantitative estimate of drug-likeness (QED) is 0.499. The number of halogens is 4. The highest BCUT2D eigenvalue weighted by molar-refractivity contribution is 6.05. The molecule has 1 N–H and O–H groups in total. The third kappa shape index (κ3) is 3.86. The first-order valence-electron chi connectivity index (χ1n) is 8.81. The summed E-state index contributed by atoms with van der Waals surface area (Å²) in [6.07, 6.45) is -2.88. The summed E-state index contributed by atoms with van der Waals surface area (Å²) in [6, 6.07) is 9.69. The Balaban J connectivity index is 1.73. The number of anilines is 1. The predicted octanol–water partition coefficient (Wildman–Crippen LogP) is 3.57. The third-order valence-corrected chi connectivity index (χ3v) is 4.45. The van der Waals surface area contributed by atoms with Crippen molar-refractivity contribution < 1.29 is 22.4 Å². The molecule has 0 atom stereocenters. The van der Waals surface area contributed by atoms with E-state index in [0.29, 0.717) is 15.9 Å². The molecule has 0 radical (unpaired) electrons. The second-order valence-electron chi connectivity index (χ2n) is 6.48. The minimum absolute atomic E-state index is 0.254. The molecule has 0 saturated heterocycles. The van der Waals surface area contributed by atoms with E-state index in [0.717, 1.165) is 18.3 Å². The highest BCUT2D eigenvalue weighted by atomic mass is 19.4. The molecule has 8 nitrogen and oxygen atoms in total. The van der Waals surface area contributed by atoms with Crippen LogP contribution in [0, 0.1) is 12.7 Å². The van der Waals surface area contributed by atoms with Crippen LogP contribution in [-0.4, -0.2) is 35.9 Å². The number of alkyl halides is 3. The second-order valence-corrected chi connectivity index (χ2v) is 6.48. The van der Waals surface area contributed by atoms with E-state index in [1.165, 1.54) is 29.2 Å². The average molecular weight is 431 g/mol. The van der Waals surface area contributed by atoms with Gasteiger partial charge in [0.05, 0.1) is 17.4 Å².